The first kappa shape index (κ1) is 19.7. The minimum atomic E-state index is -3.45. The number of nitrogens with one attached hydrogen (secondary N) is 1. The summed E-state index contributed by atoms with van der Waals surface area (Å²) < 4.78 is 28.5. The van der Waals surface area contributed by atoms with Gasteiger partial charge >= 0.3 is 0 Å². The second-order valence-corrected chi connectivity index (χ2v) is 7.64. The molecule has 1 heterocycles. The first-order valence-corrected chi connectivity index (χ1v) is 8.93. The van der Waals surface area contributed by atoms with E-state index in [4.69, 9.17) is 11.6 Å². The van der Waals surface area contributed by atoms with Gasteiger partial charge in [0, 0.05) is 38.2 Å². The van der Waals surface area contributed by atoms with Crippen LogP contribution in [0.3, 0.4) is 0 Å². The molecule has 126 valence electrons. The summed E-state index contributed by atoms with van der Waals surface area (Å²) in [6, 6.07) is 7.19. The molecule has 1 saturated heterocycles. The normalized spacial score (nSPS) is 19.9. The molecule has 1 unspecified atom stereocenters. The van der Waals surface area contributed by atoms with Crippen molar-refractivity contribution in [3.05, 3.63) is 34.9 Å². The predicted octanol–water partition coefficient (Wildman–Crippen LogP) is 2.29. The third kappa shape index (κ3) is 4.34. The average Bonchev–Trinajstić information content (AvgIpc) is 2.47. The fourth-order valence-electron chi connectivity index (χ4n) is 2.57. The molecule has 0 spiro atoms. The molecule has 1 aromatic rings. The maximum absolute atomic E-state index is 12.7. The Morgan fingerprint density at radius 1 is 1.45 bits per heavy atom. The Balaban J connectivity index is 0.00000242. The Labute approximate surface area is 144 Å². The van der Waals surface area contributed by atoms with Gasteiger partial charge in [0.25, 0.3) is 10.2 Å². The molecule has 8 heteroatoms. The molecule has 0 amide bonds. The Kier molecular flexibility index (Phi) is 7.58. The predicted molar refractivity (Wildman–Crippen MR) is 92.9 cm³/mol. The van der Waals surface area contributed by atoms with Crippen molar-refractivity contribution in [2.45, 2.75) is 19.4 Å². The van der Waals surface area contributed by atoms with Crippen molar-refractivity contribution >= 4 is 34.2 Å². The van der Waals surface area contributed by atoms with Crippen LogP contribution in [0.25, 0.3) is 0 Å². The van der Waals surface area contributed by atoms with Crippen LogP contribution in [0.15, 0.2) is 24.3 Å². The maximum Gasteiger partial charge on any atom is 0.282 e. The zero-order chi connectivity index (χ0) is 15.5. The molecule has 1 N–H and O–H groups in total. The highest BCUT2D eigenvalue weighted by atomic mass is 35.5. The maximum atomic E-state index is 12.7. The van der Waals surface area contributed by atoms with E-state index in [1.165, 1.54) is 4.31 Å². The first-order chi connectivity index (χ1) is 9.96. The Morgan fingerprint density at radius 3 is 2.82 bits per heavy atom. The molecule has 0 aliphatic carbocycles. The summed E-state index contributed by atoms with van der Waals surface area (Å²) in [5.74, 6) is 0. The number of halogens is 2. The van der Waals surface area contributed by atoms with Crippen LogP contribution >= 0.6 is 24.0 Å². The summed E-state index contributed by atoms with van der Waals surface area (Å²) in [7, 11) is -1.82. The second-order valence-electron chi connectivity index (χ2n) is 5.21. The van der Waals surface area contributed by atoms with E-state index in [2.05, 4.69) is 5.32 Å². The smallest absolute Gasteiger partial charge is 0.282 e. The van der Waals surface area contributed by atoms with E-state index >= 15 is 0 Å². The molecule has 2 rings (SSSR count). The number of nitrogens with zero attached hydrogens (tertiary/aromatic N) is 2. The molecular weight excluding hydrogens is 345 g/mol. The van der Waals surface area contributed by atoms with Gasteiger partial charge in [0.2, 0.25) is 0 Å². The summed E-state index contributed by atoms with van der Waals surface area (Å²) in [5, 5.41) is 3.88. The quantitative estimate of drug-likeness (QED) is 0.868. The Morgan fingerprint density at radius 2 is 2.18 bits per heavy atom. The van der Waals surface area contributed by atoms with Gasteiger partial charge in [0.05, 0.1) is 6.04 Å². The van der Waals surface area contributed by atoms with Crippen molar-refractivity contribution in [1.82, 2.24) is 13.9 Å². The molecule has 22 heavy (non-hydrogen) atoms. The summed E-state index contributed by atoms with van der Waals surface area (Å²) in [4.78, 5) is 0. The van der Waals surface area contributed by atoms with Crippen LogP contribution in [0, 0.1) is 0 Å². The molecule has 5 nitrogen and oxygen atoms in total. The highest BCUT2D eigenvalue weighted by Crippen LogP contribution is 2.28. The van der Waals surface area contributed by atoms with Crippen LogP contribution in [0.1, 0.15) is 24.9 Å². The summed E-state index contributed by atoms with van der Waals surface area (Å²) in [5.41, 5.74) is 0.920. The van der Waals surface area contributed by atoms with Crippen LogP contribution in [0.4, 0.5) is 0 Å². The topological polar surface area (TPSA) is 52.7 Å². The van der Waals surface area contributed by atoms with Gasteiger partial charge in [-0.1, -0.05) is 30.7 Å². The first-order valence-electron chi connectivity index (χ1n) is 7.16. The van der Waals surface area contributed by atoms with Crippen molar-refractivity contribution in [3.63, 3.8) is 0 Å². The lowest BCUT2D eigenvalue weighted by atomic mass is 10.1. The van der Waals surface area contributed by atoms with Crippen molar-refractivity contribution < 1.29 is 8.42 Å². The monoisotopic (exact) mass is 367 g/mol. The minimum absolute atomic E-state index is 0. The Bertz CT molecular complexity index is 583. The zero-order valence-corrected chi connectivity index (χ0v) is 15.2. The van der Waals surface area contributed by atoms with E-state index in [9.17, 15) is 8.42 Å². The van der Waals surface area contributed by atoms with Crippen LogP contribution in [-0.2, 0) is 10.2 Å². The lowest BCUT2D eigenvalue weighted by Gasteiger charge is -2.37. The molecule has 1 aliphatic rings. The fraction of sp³-hybridized carbons (Fsp3) is 0.571. The largest absolute Gasteiger partial charge is 0.313 e. The zero-order valence-electron chi connectivity index (χ0n) is 12.8. The molecular formula is C14H23Cl2N3O2S. The van der Waals surface area contributed by atoms with Gasteiger partial charge in [-0.25, -0.2) is 0 Å². The van der Waals surface area contributed by atoms with Crippen molar-refractivity contribution in [3.8, 4) is 0 Å². The number of benzene rings is 1. The molecule has 0 bridgehead atoms. The highest BCUT2D eigenvalue weighted by Gasteiger charge is 2.35. The van der Waals surface area contributed by atoms with E-state index in [1.807, 2.05) is 25.1 Å². The van der Waals surface area contributed by atoms with Crippen LogP contribution in [0.5, 0.6) is 0 Å². The average molecular weight is 368 g/mol. The van der Waals surface area contributed by atoms with Gasteiger partial charge < -0.3 is 5.32 Å². The fourth-order valence-corrected chi connectivity index (χ4v) is 4.38. The van der Waals surface area contributed by atoms with Crippen molar-refractivity contribution in [2.24, 2.45) is 0 Å². The third-order valence-corrected chi connectivity index (χ3v) is 5.89. The number of piperazine rings is 1. The van der Waals surface area contributed by atoms with Crippen molar-refractivity contribution in [2.75, 3.05) is 33.2 Å². The molecule has 0 radical (unpaired) electrons. The lowest BCUT2D eigenvalue weighted by Crippen LogP contribution is -2.52. The van der Waals surface area contributed by atoms with E-state index in [1.54, 1.807) is 17.4 Å². The van der Waals surface area contributed by atoms with E-state index in [-0.39, 0.29) is 18.4 Å². The highest BCUT2D eigenvalue weighted by molar-refractivity contribution is 7.86. The molecule has 1 atom stereocenters. The molecule has 0 saturated carbocycles. The summed E-state index contributed by atoms with van der Waals surface area (Å²) >= 11 is 6.04. The van der Waals surface area contributed by atoms with Gasteiger partial charge in [-0.15, -0.1) is 12.4 Å². The molecule has 0 aromatic heterocycles. The van der Waals surface area contributed by atoms with Gasteiger partial charge in [-0.3, -0.25) is 0 Å². The lowest BCUT2D eigenvalue weighted by molar-refractivity contribution is 0.252. The van der Waals surface area contributed by atoms with Gasteiger partial charge in [0.15, 0.2) is 0 Å². The van der Waals surface area contributed by atoms with Gasteiger partial charge in [0.1, 0.15) is 0 Å². The Hall–Kier alpha value is -0.370. The van der Waals surface area contributed by atoms with Crippen LogP contribution < -0.4 is 5.32 Å². The second kappa shape index (κ2) is 8.47. The minimum Gasteiger partial charge on any atom is -0.313 e. The number of hydrogen-bond acceptors (Lipinski definition) is 3. The SMILES string of the molecule is CCCN(C)S(=O)(=O)N1CCNCC1c1cccc(Cl)c1.Cl. The molecule has 1 fully saturated rings. The number of hydrogen-bond donors (Lipinski definition) is 1. The molecule has 1 aliphatic heterocycles. The summed E-state index contributed by atoms with van der Waals surface area (Å²) in [6.45, 7) is 4.22. The molecule has 1 aromatic carbocycles. The van der Waals surface area contributed by atoms with Gasteiger partial charge in [-0.05, 0) is 24.1 Å². The summed E-state index contributed by atoms with van der Waals surface area (Å²) in [6.07, 6.45) is 0.795. The van der Waals surface area contributed by atoms with Crippen LogP contribution in [0.2, 0.25) is 5.02 Å². The van der Waals surface area contributed by atoms with E-state index in [0.29, 0.717) is 31.2 Å². The van der Waals surface area contributed by atoms with E-state index in [0.717, 1.165) is 12.0 Å². The van der Waals surface area contributed by atoms with Crippen molar-refractivity contribution in [1.29, 1.82) is 0 Å². The van der Waals surface area contributed by atoms with E-state index < -0.39 is 10.2 Å². The van der Waals surface area contributed by atoms with Gasteiger partial charge in [-0.2, -0.15) is 17.0 Å². The van der Waals surface area contributed by atoms with Crippen LogP contribution in [-0.4, -0.2) is 50.3 Å². The third-order valence-electron chi connectivity index (χ3n) is 3.66. The number of rotatable bonds is 5. The standard InChI is InChI=1S/C14H22ClN3O2S.ClH/c1-3-8-17(2)21(19,20)18-9-7-16-11-14(18)12-5-4-6-13(15)10-12;/h4-6,10,14,16H,3,7-9,11H2,1-2H3;1H.